The number of nitrogens with zero attached hydrogens (tertiary/aromatic N) is 1. The molecule has 0 fully saturated rings. The molecule has 1 aliphatic rings. The maximum absolute atomic E-state index is 4.38. The van der Waals surface area contributed by atoms with Crippen molar-refractivity contribution in [2.75, 3.05) is 0 Å². The van der Waals surface area contributed by atoms with Crippen LogP contribution in [0.3, 0.4) is 0 Å². The number of aryl methyl sites for hydroxylation is 3. The average molecular weight is 288 g/mol. The minimum atomic E-state index is 1.01. The van der Waals surface area contributed by atoms with Gasteiger partial charge in [0.25, 0.3) is 0 Å². The first kappa shape index (κ1) is 14.3. The zero-order valence-corrected chi connectivity index (χ0v) is 13.3. The molecule has 0 bridgehead atoms. The third kappa shape index (κ3) is 2.37. The lowest BCUT2D eigenvalue weighted by Crippen LogP contribution is -2.30. The fourth-order valence-corrected chi connectivity index (χ4v) is 2.85. The van der Waals surface area contributed by atoms with Crippen LogP contribution in [0.25, 0.3) is 5.57 Å². The lowest BCUT2D eigenvalue weighted by molar-refractivity contribution is 0.868. The molecule has 110 valence electrons. The molecule has 0 saturated heterocycles. The summed E-state index contributed by atoms with van der Waals surface area (Å²) in [4.78, 5) is 0. The Hall–Kier alpha value is -2.61. The minimum absolute atomic E-state index is 1.01. The minimum Gasteiger partial charge on any atom is -0.275 e. The normalized spacial score (nSPS) is 15.5. The van der Waals surface area contributed by atoms with Gasteiger partial charge in [-0.3, -0.25) is 5.43 Å². The number of hydrogen-bond donors (Lipinski definition) is 1. The van der Waals surface area contributed by atoms with Crippen LogP contribution in [-0.2, 0) is 0 Å². The first-order valence-corrected chi connectivity index (χ1v) is 7.46. The molecule has 0 radical (unpaired) electrons. The Labute approximate surface area is 131 Å². The van der Waals surface area contributed by atoms with E-state index in [4.69, 9.17) is 0 Å². The molecule has 0 amide bonds. The van der Waals surface area contributed by atoms with Gasteiger partial charge in [-0.25, -0.2) is 0 Å². The number of benzene rings is 2. The molecule has 2 heteroatoms. The van der Waals surface area contributed by atoms with E-state index in [1.54, 1.807) is 0 Å². The maximum atomic E-state index is 4.38. The molecule has 0 aromatic heterocycles. The summed E-state index contributed by atoms with van der Waals surface area (Å²) in [6.07, 6.45) is 1.91. The summed E-state index contributed by atoms with van der Waals surface area (Å²) < 4.78 is 0. The smallest absolute Gasteiger partial charge is 0.116 e. The highest BCUT2D eigenvalue weighted by atomic mass is 15.4. The van der Waals surface area contributed by atoms with Crippen molar-refractivity contribution in [3.8, 4) is 0 Å². The fraction of sp³-hybridized carbons (Fsp3) is 0.150. The molecule has 3 rings (SSSR count). The Morgan fingerprint density at radius 2 is 1.82 bits per heavy atom. The molecule has 0 saturated carbocycles. The Balaban J connectivity index is 2.11. The first-order valence-electron chi connectivity index (χ1n) is 7.46. The van der Waals surface area contributed by atoms with Gasteiger partial charge in [0.05, 0.1) is 5.70 Å². The van der Waals surface area contributed by atoms with Crippen LogP contribution in [0, 0.1) is 20.8 Å². The predicted octanol–water partition coefficient (Wildman–Crippen LogP) is 4.52. The van der Waals surface area contributed by atoms with Gasteiger partial charge in [-0.2, -0.15) is 5.10 Å². The van der Waals surface area contributed by atoms with Crippen LogP contribution in [0.5, 0.6) is 0 Å². The highest BCUT2D eigenvalue weighted by molar-refractivity contribution is 6.20. The number of rotatable bonds is 3. The van der Waals surface area contributed by atoms with E-state index >= 15 is 0 Å². The maximum Gasteiger partial charge on any atom is 0.116 e. The van der Waals surface area contributed by atoms with Crippen molar-refractivity contribution in [3.63, 3.8) is 0 Å². The topological polar surface area (TPSA) is 24.4 Å². The van der Waals surface area contributed by atoms with E-state index in [0.29, 0.717) is 0 Å². The molecule has 1 aliphatic heterocycles. The van der Waals surface area contributed by atoms with Crippen LogP contribution < -0.4 is 5.43 Å². The summed E-state index contributed by atoms with van der Waals surface area (Å²) in [6.45, 7) is 10.4. The van der Waals surface area contributed by atoms with E-state index in [-0.39, 0.29) is 0 Å². The Morgan fingerprint density at radius 1 is 1.05 bits per heavy atom. The highest BCUT2D eigenvalue weighted by Crippen LogP contribution is 2.29. The van der Waals surface area contributed by atoms with Gasteiger partial charge in [0.2, 0.25) is 0 Å². The van der Waals surface area contributed by atoms with Gasteiger partial charge >= 0.3 is 0 Å². The summed E-state index contributed by atoms with van der Waals surface area (Å²) in [5.41, 5.74) is 12.4. The van der Waals surface area contributed by atoms with Crippen LogP contribution in [0.2, 0.25) is 0 Å². The Bertz CT molecular complexity index is 810. The lowest BCUT2D eigenvalue weighted by atomic mass is 9.92. The van der Waals surface area contributed by atoms with Crippen LogP contribution in [0.1, 0.15) is 27.8 Å². The van der Waals surface area contributed by atoms with Crippen molar-refractivity contribution < 1.29 is 0 Å². The largest absolute Gasteiger partial charge is 0.275 e. The first-order chi connectivity index (χ1) is 10.6. The number of allylic oxidation sites excluding steroid dienone is 3. The molecule has 0 aliphatic carbocycles. The molecule has 1 heterocycles. The van der Waals surface area contributed by atoms with E-state index in [9.17, 15) is 0 Å². The molecular weight excluding hydrogens is 268 g/mol. The lowest BCUT2D eigenvalue weighted by Gasteiger charge is -2.24. The van der Waals surface area contributed by atoms with Crippen LogP contribution in [0.4, 0.5) is 0 Å². The summed E-state index contributed by atoms with van der Waals surface area (Å²) in [5.74, 6) is 0. The Morgan fingerprint density at radius 3 is 2.41 bits per heavy atom. The van der Waals surface area contributed by atoms with Crippen molar-refractivity contribution in [2.24, 2.45) is 5.10 Å². The van der Waals surface area contributed by atoms with E-state index in [0.717, 1.165) is 17.0 Å². The van der Waals surface area contributed by atoms with Gasteiger partial charge in [0, 0.05) is 11.1 Å². The number of hydrazone groups is 1. The van der Waals surface area contributed by atoms with Gasteiger partial charge < -0.3 is 0 Å². The monoisotopic (exact) mass is 288 g/mol. The molecule has 2 nitrogen and oxygen atoms in total. The van der Waals surface area contributed by atoms with Gasteiger partial charge in [-0.05, 0) is 37.5 Å². The second-order valence-electron chi connectivity index (χ2n) is 5.70. The molecule has 2 aromatic rings. The Kier molecular flexibility index (Phi) is 3.68. The van der Waals surface area contributed by atoms with Gasteiger partial charge in [-0.15, -0.1) is 0 Å². The molecule has 2 aromatic carbocycles. The molecule has 0 unspecified atom stereocenters. The van der Waals surface area contributed by atoms with Gasteiger partial charge in [0.15, 0.2) is 0 Å². The summed E-state index contributed by atoms with van der Waals surface area (Å²) in [7, 11) is 0. The highest BCUT2D eigenvalue weighted by Gasteiger charge is 2.23. The average Bonchev–Trinajstić information content (AvgIpc) is 2.46. The zero-order chi connectivity index (χ0) is 15.7. The van der Waals surface area contributed by atoms with E-state index in [2.05, 4.69) is 68.2 Å². The third-order valence-corrected chi connectivity index (χ3v) is 4.06. The van der Waals surface area contributed by atoms with Crippen molar-refractivity contribution in [1.29, 1.82) is 0 Å². The fourth-order valence-electron chi connectivity index (χ4n) is 2.85. The SMILES string of the molecule is C=C/C(=C1/NN=C1c1ccccc1C)c1ccc(C)cc1C. The molecule has 0 spiro atoms. The molecular formula is C20H20N2. The number of nitrogens with one attached hydrogen (secondary N) is 1. The second-order valence-corrected chi connectivity index (χ2v) is 5.70. The predicted molar refractivity (Wildman–Crippen MR) is 93.9 cm³/mol. The third-order valence-electron chi connectivity index (χ3n) is 4.06. The second kappa shape index (κ2) is 5.64. The van der Waals surface area contributed by atoms with E-state index in [1.807, 2.05) is 18.2 Å². The van der Waals surface area contributed by atoms with Gasteiger partial charge in [0.1, 0.15) is 5.71 Å². The molecule has 22 heavy (non-hydrogen) atoms. The van der Waals surface area contributed by atoms with E-state index < -0.39 is 0 Å². The van der Waals surface area contributed by atoms with Crippen molar-refractivity contribution in [1.82, 2.24) is 5.43 Å². The van der Waals surface area contributed by atoms with Crippen molar-refractivity contribution in [2.45, 2.75) is 20.8 Å². The van der Waals surface area contributed by atoms with Crippen LogP contribution in [-0.4, -0.2) is 5.71 Å². The summed E-state index contributed by atoms with van der Waals surface area (Å²) >= 11 is 0. The quantitative estimate of drug-likeness (QED) is 0.882. The van der Waals surface area contributed by atoms with Crippen molar-refractivity contribution >= 4 is 11.3 Å². The molecule has 0 atom stereocenters. The number of hydrogen-bond acceptors (Lipinski definition) is 2. The molecule has 1 N–H and O–H groups in total. The summed E-state index contributed by atoms with van der Waals surface area (Å²) in [5, 5.41) is 4.38. The van der Waals surface area contributed by atoms with Gasteiger partial charge in [-0.1, -0.05) is 60.7 Å². The zero-order valence-electron chi connectivity index (χ0n) is 13.3. The van der Waals surface area contributed by atoms with Crippen molar-refractivity contribution in [3.05, 3.63) is 88.6 Å². The standard InChI is InChI=1S/C20H20N2/c1-5-16(17-11-10-13(2)12-15(17)4)19-20(22-21-19)18-9-7-6-8-14(18)3/h5-12,21H,1H2,2-4H3/b19-16-. The summed E-state index contributed by atoms with van der Waals surface area (Å²) in [6, 6.07) is 14.8. The van der Waals surface area contributed by atoms with Crippen LogP contribution >= 0.6 is 0 Å². The van der Waals surface area contributed by atoms with E-state index in [1.165, 1.54) is 27.8 Å². The van der Waals surface area contributed by atoms with Crippen LogP contribution in [0.15, 0.2) is 65.9 Å².